The van der Waals surface area contributed by atoms with Gasteiger partial charge in [0.05, 0.1) is 17.9 Å². The molecule has 37 heavy (non-hydrogen) atoms. The van der Waals surface area contributed by atoms with E-state index >= 15 is 0 Å². The van der Waals surface area contributed by atoms with Gasteiger partial charge in [0.15, 0.2) is 0 Å². The van der Waals surface area contributed by atoms with Gasteiger partial charge in [-0.3, -0.25) is 9.59 Å². The molecule has 0 aliphatic rings. The van der Waals surface area contributed by atoms with Gasteiger partial charge in [-0.25, -0.2) is 0 Å². The monoisotopic (exact) mass is 535 g/mol. The average molecular weight is 536 g/mol. The molecule has 0 spiro atoms. The molecule has 10 heteroatoms. The number of aryl methyl sites for hydroxylation is 2. The molecular weight excluding hydrogens is 507 g/mol. The minimum Gasteiger partial charge on any atom is -0.493 e. The molecule has 0 aliphatic carbocycles. The van der Waals surface area contributed by atoms with Crippen molar-refractivity contribution in [1.29, 1.82) is 0 Å². The molecule has 1 unspecified atom stereocenters. The van der Waals surface area contributed by atoms with Crippen molar-refractivity contribution in [2.24, 2.45) is 5.92 Å². The van der Waals surface area contributed by atoms with E-state index in [2.05, 4.69) is 10.1 Å². The summed E-state index contributed by atoms with van der Waals surface area (Å²) in [5.74, 6) is -0.642. The lowest BCUT2D eigenvalue weighted by Gasteiger charge is -2.16. The van der Waals surface area contributed by atoms with Crippen LogP contribution < -0.4 is 14.8 Å². The third-order valence-electron chi connectivity index (χ3n) is 5.48. The fourth-order valence-electron chi connectivity index (χ4n) is 3.91. The zero-order chi connectivity index (χ0) is 27.2. The number of aliphatic carboxylic acids is 1. The second-order valence-corrected chi connectivity index (χ2v) is 9.96. The SMILES string of the molecule is Cc1cc(OCC(C)Cc2ccc(C(=O)NCCC(=O)O)s2)cc(C)c1-c1ccc(OC(F)(F)F)cc1. The summed E-state index contributed by atoms with van der Waals surface area (Å²) in [6, 6.07) is 13.2. The third kappa shape index (κ3) is 8.52. The summed E-state index contributed by atoms with van der Waals surface area (Å²) in [6.07, 6.45) is -4.13. The number of halogens is 3. The van der Waals surface area contributed by atoms with Crippen molar-refractivity contribution < 1.29 is 37.3 Å². The van der Waals surface area contributed by atoms with Crippen LogP contribution in [0.15, 0.2) is 48.5 Å². The second kappa shape index (κ2) is 12.1. The van der Waals surface area contributed by atoms with Gasteiger partial charge in [-0.1, -0.05) is 19.1 Å². The van der Waals surface area contributed by atoms with Crippen LogP contribution in [0.1, 0.15) is 39.0 Å². The number of carboxylic acid groups (broad SMARTS) is 1. The summed E-state index contributed by atoms with van der Waals surface area (Å²) < 4.78 is 47.2. The molecule has 1 heterocycles. The van der Waals surface area contributed by atoms with Crippen molar-refractivity contribution in [3.63, 3.8) is 0 Å². The Morgan fingerprint density at radius 3 is 2.27 bits per heavy atom. The van der Waals surface area contributed by atoms with Crippen LogP contribution in [0.4, 0.5) is 13.2 Å². The van der Waals surface area contributed by atoms with Gasteiger partial charge >= 0.3 is 12.3 Å². The van der Waals surface area contributed by atoms with Crippen LogP contribution in [0.2, 0.25) is 0 Å². The average Bonchev–Trinajstić information content (AvgIpc) is 3.25. The van der Waals surface area contributed by atoms with Crippen molar-refractivity contribution in [3.05, 3.63) is 69.4 Å². The van der Waals surface area contributed by atoms with Crippen molar-refractivity contribution in [3.8, 4) is 22.6 Å². The summed E-state index contributed by atoms with van der Waals surface area (Å²) in [4.78, 5) is 24.3. The summed E-state index contributed by atoms with van der Waals surface area (Å²) in [5, 5.41) is 11.3. The Morgan fingerprint density at radius 1 is 1.03 bits per heavy atom. The van der Waals surface area contributed by atoms with Gasteiger partial charge in [0.2, 0.25) is 0 Å². The number of carboxylic acids is 1. The molecule has 0 saturated heterocycles. The first-order valence-corrected chi connectivity index (χ1v) is 12.4. The molecule has 0 saturated carbocycles. The predicted octanol–water partition coefficient (Wildman–Crippen LogP) is 6.39. The largest absolute Gasteiger partial charge is 0.573 e. The Bertz CT molecular complexity index is 1210. The fourth-order valence-corrected chi connectivity index (χ4v) is 4.99. The zero-order valence-electron chi connectivity index (χ0n) is 20.6. The number of nitrogens with one attached hydrogen (secondary N) is 1. The maximum absolute atomic E-state index is 12.4. The van der Waals surface area contributed by atoms with Crippen LogP contribution in [0.5, 0.6) is 11.5 Å². The Labute approximate surface area is 217 Å². The first-order valence-electron chi connectivity index (χ1n) is 11.6. The number of thiophene rings is 1. The van der Waals surface area contributed by atoms with E-state index in [0.29, 0.717) is 17.2 Å². The highest BCUT2D eigenvalue weighted by atomic mass is 32.1. The molecule has 2 aromatic carbocycles. The molecule has 3 aromatic rings. The molecule has 1 aromatic heterocycles. The Hall–Kier alpha value is -3.53. The van der Waals surface area contributed by atoms with E-state index in [0.717, 1.165) is 33.6 Å². The normalized spacial score (nSPS) is 12.2. The smallest absolute Gasteiger partial charge is 0.493 e. The van der Waals surface area contributed by atoms with E-state index in [1.165, 1.54) is 23.5 Å². The van der Waals surface area contributed by atoms with Gasteiger partial charge in [-0.2, -0.15) is 0 Å². The maximum atomic E-state index is 12.4. The number of benzene rings is 2. The van der Waals surface area contributed by atoms with E-state index < -0.39 is 12.3 Å². The van der Waals surface area contributed by atoms with Gasteiger partial charge in [0.1, 0.15) is 11.5 Å². The Morgan fingerprint density at radius 2 is 1.68 bits per heavy atom. The van der Waals surface area contributed by atoms with Crippen LogP contribution in [0.25, 0.3) is 11.1 Å². The lowest BCUT2D eigenvalue weighted by atomic mass is 9.95. The third-order valence-corrected chi connectivity index (χ3v) is 6.58. The van der Waals surface area contributed by atoms with E-state index in [9.17, 15) is 22.8 Å². The van der Waals surface area contributed by atoms with Crippen LogP contribution in [-0.4, -0.2) is 36.5 Å². The number of amides is 1. The summed E-state index contributed by atoms with van der Waals surface area (Å²) >= 11 is 1.37. The highest BCUT2D eigenvalue weighted by molar-refractivity contribution is 7.14. The first kappa shape index (κ1) is 28.0. The molecule has 3 rings (SSSR count). The number of carbonyl (C=O) groups is 2. The van der Waals surface area contributed by atoms with Crippen LogP contribution in [-0.2, 0) is 11.2 Å². The predicted molar refractivity (Wildman–Crippen MR) is 135 cm³/mol. The lowest BCUT2D eigenvalue weighted by molar-refractivity contribution is -0.274. The van der Waals surface area contributed by atoms with E-state index in [-0.39, 0.29) is 30.5 Å². The van der Waals surface area contributed by atoms with Gasteiger partial charge in [-0.05, 0) is 84.8 Å². The highest BCUT2D eigenvalue weighted by Gasteiger charge is 2.31. The number of ether oxygens (including phenoxy) is 2. The molecule has 0 radical (unpaired) electrons. The summed E-state index contributed by atoms with van der Waals surface area (Å²) in [6.45, 7) is 6.44. The van der Waals surface area contributed by atoms with E-state index in [1.54, 1.807) is 18.2 Å². The summed E-state index contributed by atoms with van der Waals surface area (Å²) in [5.41, 5.74) is 3.57. The molecule has 6 nitrogen and oxygen atoms in total. The minimum absolute atomic E-state index is 0.0844. The Kier molecular flexibility index (Phi) is 9.20. The molecule has 0 bridgehead atoms. The standard InChI is InChI=1S/C27H28F3NO5S/c1-16(12-22-8-9-23(37-22)26(34)31-11-10-24(32)33)15-35-21-13-17(2)25(18(3)14-21)19-4-6-20(7-5-19)36-27(28,29)30/h4-9,13-14,16H,10-12,15H2,1-3H3,(H,31,34)(H,32,33). The quantitative estimate of drug-likeness (QED) is 0.297. The van der Waals surface area contributed by atoms with Crippen LogP contribution in [0.3, 0.4) is 0 Å². The van der Waals surface area contributed by atoms with E-state index in [1.807, 2.05) is 39.0 Å². The molecule has 1 amide bonds. The number of hydrogen-bond acceptors (Lipinski definition) is 5. The van der Waals surface area contributed by atoms with Crippen molar-refractivity contribution in [2.45, 2.75) is 40.0 Å². The topological polar surface area (TPSA) is 84.9 Å². The maximum Gasteiger partial charge on any atom is 0.573 e. The van der Waals surface area contributed by atoms with Crippen molar-refractivity contribution in [2.75, 3.05) is 13.2 Å². The van der Waals surface area contributed by atoms with Crippen molar-refractivity contribution in [1.82, 2.24) is 5.32 Å². The number of hydrogen-bond donors (Lipinski definition) is 2. The summed E-state index contributed by atoms with van der Waals surface area (Å²) in [7, 11) is 0. The highest BCUT2D eigenvalue weighted by Crippen LogP contribution is 2.33. The van der Waals surface area contributed by atoms with Gasteiger partial charge in [0.25, 0.3) is 5.91 Å². The van der Waals surface area contributed by atoms with Gasteiger partial charge in [-0.15, -0.1) is 24.5 Å². The van der Waals surface area contributed by atoms with E-state index in [4.69, 9.17) is 9.84 Å². The van der Waals surface area contributed by atoms with Crippen LogP contribution >= 0.6 is 11.3 Å². The molecule has 1 atom stereocenters. The zero-order valence-corrected chi connectivity index (χ0v) is 21.5. The molecular formula is C27H28F3NO5S. The molecule has 198 valence electrons. The number of rotatable bonds is 11. The van der Waals surface area contributed by atoms with Crippen LogP contribution in [0, 0.1) is 19.8 Å². The van der Waals surface area contributed by atoms with Gasteiger partial charge < -0.3 is 19.9 Å². The molecule has 0 fully saturated rings. The Balaban J connectivity index is 1.56. The minimum atomic E-state index is -4.73. The lowest BCUT2D eigenvalue weighted by Crippen LogP contribution is -2.25. The fraction of sp³-hybridized carbons (Fsp3) is 0.333. The first-order chi connectivity index (χ1) is 17.4. The number of carbonyl (C=O) groups excluding carboxylic acids is 1. The molecule has 2 N–H and O–H groups in total. The molecule has 0 aliphatic heterocycles. The van der Waals surface area contributed by atoms with Gasteiger partial charge in [0, 0.05) is 11.4 Å². The number of alkyl halides is 3. The second-order valence-electron chi connectivity index (χ2n) is 8.79. The van der Waals surface area contributed by atoms with Crippen molar-refractivity contribution >= 4 is 23.2 Å².